The zero-order valence-corrected chi connectivity index (χ0v) is 24.5. The first-order valence-electron chi connectivity index (χ1n) is 13.3. The molecule has 4 aliphatic carbocycles. The van der Waals surface area contributed by atoms with Crippen LogP contribution in [0.2, 0.25) is 5.02 Å². The first kappa shape index (κ1) is 28.4. The van der Waals surface area contributed by atoms with Crippen molar-refractivity contribution < 1.29 is 26.4 Å². The molecule has 39 heavy (non-hydrogen) atoms. The van der Waals surface area contributed by atoms with Gasteiger partial charge < -0.3 is 11.1 Å². The lowest BCUT2D eigenvalue weighted by Gasteiger charge is -2.60. The fourth-order valence-corrected chi connectivity index (χ4v) is 10.5. The Balaban J connectivity index is 1.29. The highest BCUT2D eigenvalue weighted by molar-refractivity contribution is 7.92. The molecule has 1 aromatic carbocycles. The summed E-state index contributed by atoms with van der Waals surface area (Å²) in [5.74, 6) is 0.397. The number of hydrogen-bond acceptors (Lipinski definition) is 6. The predicted octanol–water partition coefficient (Wildman–Crippen LogP) is 1.90. The van der Waals surface area contributed by atoms with Crippen LogP contribution in [0.3, 0.4) is 0 Å². The number of nitrogens with two attached hydrogens (primary N) is 1. The number of primary amides is 1. The zero-order chi connectivity index (χ0) is 28.3. The topological polar surface area (TPSA) is 159 Å². The Morgan fingerprint density at radius 3 is 2.41 bits per heavy atom. The first-order chi connectivity index (χ1) is 18.1. The average molecular weight is 602 g/mol. The van der Waals surface area contributed by atoms with E-state index in [0.29, 0.717) is 12.3 Å². The van der Waals surface area contributed by atoms with E-state index in [1.807, 2.05) is 6.92 Å². The maximum atomic E-state index is 13.6. The number of nitrogens with zero attached hydrogens (tertiary/aromatic N) is 2. The lowest BCUT2D eigenvalue weighted by molar-refractivity contribution is -0.134. The van der Waals surface area contributed by atoms with E-state index in [2.05, 4.69) is 10.0 Å². The summed E-state index contributed by atoms with van der Waals surface area (Å²) in [4.78, 5) is 25.0. The summed E-state index contributed by atoms with van der Waals surface area (Å²) < 4.78 is 55.0. The van der Waals surface area contributed by atoms with Gasteiger partial charge in [-0.1, -0.05) is 18.5 Å². The average Bonchev–Trinajstić information content (AvgIpc) is 2.77. The summed E-state index contributed by atoms with van der Waals surface area (Å²) in [5, 5.41) is 3.23. The molecule has 216 valence electrons. The van der Waals surface area contributed by atoms with E-state index in [0.717, 1.165) is 38.4 Å². The van der Waals surface area contributed by atoms with Crippen LogP contribution in [0.1, 0.15) is 45.4 Å². The Kier molecular flexibility index (Phi) is 7.35. The molecule has 11 nitrogen and oxygen atoms in total. The van der Waals surface area contributed by atoms with Gasteiger partial charge in [0.05, 0.1) is 29.2 Å². The van der Waals surface area contributed by atoms with E-state index in [-0.39, 0.29) is 77.1 Å². The highest BCUT2D eigenvalue weighted by atomic mass is 35.5. The Hall–Kier alpha value is -2.09. The molecule has 1 aliphatic heterocycles. The lowest BCUT2D eigenvalue weighted by atomic mass is 9.47. The van der Waals surface area contributed by atoms with Gasteiger partial charge in [0.25, 0.3) is 0 Å². The van der Waals surface area contributed by atoms with E-state index in [4.69, 9.17) is 17.3 Å². The second-order valence-electron chi connectivity index (χ2n) is 12.2. The SMILES string of the molecule is CC1CN(CC(=O)NC2C3CC4CC2CC(CC(N)=O)(C4)C3)S(=O)(=O)N(c2ccc(NS(C)(=O)=O)cc2Cl)C1. The minimum atomic E-state index is -4.07. The van der Waals surface area contributed by atoms with Crippen molar-refractivity contribution >= 4 is 55.0 Å². The molecule has 3 atom stereocenters. The molecule has 2 amide bonds. The van der Waals surface area contributed by atoms with Crippen LogP contribution in [0.25, 0.3) is 0 Å². The number of benzene rings is 1. The molecule has 0 radical (unpaired) electrons. The smallest absolute Gasteiger partial charge is 0.304 e. The van der Waals surface area contributed by atoms with Gasteiger partial charge in [-0.15, -0.1) is 0 Å². The van der Waals surface area contributed by atoms with Gasteiger partial charge in [-0.3, -0.25) is 18.6 Å². The predicted molar refractivity (Wildman–Crippen MR) is 149 cm³/mol. The number of anilines is 2. The second-order valence-corrected chi connectivity index (χ2v) is 16.2. The van der Waals surface area contributed by atoms with Crippen molar-refractivity contribution in [3.8, 4) is 0 Å². The molecule has 5 fully saturated rings. The molecule has 4 bridgehead atoms. The van der Waals surface area contributed by atoms with Crippen LogP contribution in [0.5, 0.6) is 0 Å². The van der Waals surface area contributed by atoms with E-state index < -0.39 is 20.2 Å². The van der Waals surface area contributed by atoms with Gasteiger partial charge in [0, 0.05) is 25.6 Å². The molecule has 4 N–H and O–H groups in total. The van der Waals surface area contributed by atoms with E-state index >= 15 is 0 Å². The molecule has 3 unspecified atom stereocenters. The highest BCUT2D eigenvalue weighted by Crippen LogP contribution is 2.61. The second kappa shape index (κ2) is 10.1. The Morgan fingerprint density at radius 1 is 1.15 bits per heavy atom. The summed E-state index contributed by atoms with van der Waals surface area (Å²) in [6, 6.07) is 4.24. The Morgan fingerprint density at radius 2 is 1.82 bits per heavy atom. The molecule has 1 heterocycles. The van der Waals surface area contributed by atoms with Crippen LogP contribution < -0.4 is 20.1 Å². The van der Waals surface area contributed by atoms with Crippen molar-refractivity contribution in [2.45, 2.75) is 51.5 Å². The van der Waals surface area contributed by atoms with Gasteiger partial charge in [0.15, 0.2) is 0 Å². The minimum absolute atomic E-state index is 0.0274. The van der Waals surface area contributed by atoms with E-state index in [1.165, 1.54) is 26.8 Å². The van der Waals surface area contributed by atoms with Crippen molar-refractivity contribution in [3.63, 3.8) is 0 Å². The van der Waals surface area contributed by atoms with E-state index in [1.54, 1.807) is 0 Å². The fraction of sp³-hybridized carbons (Fsp3) is 0.680. The highest BCUT2D eigenvalue weighted by Gasteiger charge is 2.56. The van der Waals surface area contributed by atoms with Crippen LogP contribution in [-0.2, 0) is 29.8 Å². The monoisotopic (exact) mass is 601 g/mol. The zero-order valence-electron chi connectivity index (χ0n) is 22.1. The van der Waals surface area contributed by atoms with Crippen molar-refractivity contribution in [1.29, 1.82) is 0 Å². The van der Waals surface area contributed by atoms with Crippen LogP contribution in [-0.4, -0.2) is 64.9 Å². The van der Waals surface area contributed by atoms with Crippen molar-refractivity contribution in [2.24, 2.45) is 34.8 Å². The van der Waals surface area contributed by atoms with Crippen molar-refractivity contribution in [1.82, 2.24) is 9.62 Å². The molecule has 5 aliphatic rings. The summed E-state index contributed by atoms with van der Waals surface area (Å²) in [6.45, 7) is 1.96. The van der Waals surface area contributed by atoms with Gasteiger partial charge in [-0.2, -0.15) is 12.7 Å². The van der Waals surface area contributed by atoms with Crippen LogP contribution in [0.4, 0.5) is 11.4 Å². The number of rotatable bonds is 8. The van der Waals surface area contributed by atoms with Gasteiger partial charge in [-0.05, 0) is 79.4 Å². The number of hydrogen-bond donors (Lipinski definition) is 3. The van der Waals surface area contributed by atoms with Gasteiger partial charge in [-0.25, -0.2) is 8.42 Å². The molecule has 0 spiro atoms. The molecular weight excluding hydrogens is 566 g/mol. The van der Waals surface area contributed by atoms with Crippen molar-refractivity contribution in [2.75, 3.05) is 34.9 Å². The molecular formula is C25H36ClN5O6S2. The third-order valence-electron chi connectivity index (χ3n) is 8.71. The maximum absolute atomic E-state index is 13.6. The Labute approximate surface area is 235 Å². The first-order valence-corrected chi connectivity index (χ1v) is 16.9. The number of carbonyl (C=O) groups is 2. The third kappa shape index (κ3) is 5.86. The van der Waals surface area contributed by atoms with Gasteiger partial charge in [0.2, 0.25) is 21.8 Å². The molecule has 0 aromatic heterocycles. The minimum Gasteiger partial charge on any atom is -0.370 e. The summed E-state index contributed by atoms with van der Waals surface area (Å²) in [6.07, 6.45) is 6.18. The summed E-state index contributed by atoms with van der Waals surface area (Å²) >= 11 is 6.39. The maximum Gasteiger partial charge on any atom is 0.304 e. The van der Waals surface area contributed by atoms with Crippen LogP contribution in [0.15, 0.2) is 18.2 Å². The Bertz CT molecular complexity index is 1370. The normalized spacial score (nSPS) is 33.6. The fourth-order valence-electron chi connectivity index (χ4n) is 7.78. The number of nitrogens with one attached hydrogen (secondary N) is 2. The molecule has 6 rings (SSSR count). The van der Waals surface area contributed by atoms with Crippen LogP contribution >= 0.6 is 11.6 Å². The largest absolute Gasteiger partial charge is 0.370 e. The van der Waals surface area contributed by atoms with Gasteiger partial charge >= 0.3 is 10.2 Å². The number of carbonyl (C=O) groups excluding carboxylic acids is 2. The lowest BCUT2D eigenvalue weighted by Crippen LogP contribution is -2.61. The molecule has 14 heteroatoms. The number of amides is 2. The van der Waals surface area contributed by atoms with Gasteiger partial charge in [0.1, 0.15) is 0 Å². The quantitative estimate of drug-likeness (QED) is 0.413. The number of sulfonamides is 1. The number of halogens is 1. The standard InChI is InChI=1S/C25H36ClN5O6S2/c1-15-12-30(39(36,37)31(13-15)21-4-3-19(7-20(21)26)29-38(2,34)35)14-23(33)28-24-17-5-16-6-18(24)10-25(8-16,9-17)11-22(27)32/h3-4,7,15-18,24,29H,5-6,8-14H2,1-2H3,(H2,27,32)(H,28,33). The molecule has 1 aromatic rings. The van der Waals surface area contributed by atoms with Crippen molar-refractivity contribution in [3.05, 3.63) is 23.2 Å². The summed E-state index contributed by atoms with van der Waals surface area (Å²) in [7, 11) is -7.60. The van der Waals surface area contributed by atoms with E-state index in [9.17, 15) is 26.4 Å². The molecule has 4 saturated carbocycles. The summed E-state index contributed by atoms with van der Waals surface area (Å²) in [5.41, 5.74) is 5.94. The van der Waals surface area contributed by atoms with Crippen LogP contribution in [0, 0.1) is 29.1 Å². The third-order valence-corrected chi connectivity index (χ3v) is 11.5. The molecule has 1 saturated heterocycles.